The standard InChI is InChI=1S/C44H84NO12P/c1-3-5-7-9-11-13-15-17-18-20-22-24-26-28-30-32-37(47)36(34-56-58(54,55)57-44-42(52)40(50)39(49)41(51)43(44)53)45-38(48)33-35(46)31-29-27-25-23-21-19-16-14-12-10-8-6-4-2/h22,24,30,32,35-37,39-44,46-47,49-53H,3-21,23,25-29,31,33-34H2,1-2H3,(H,45,48)(H,54,55)/b24-22+,32-30+. The van der Waals surface area contributed by atoms with Gasteiger partial charge in [0.05, 0.1) is 31.3 Å². The van der Waals surface area contributed by atoms with Crippen LogP contribution in [0.15, 0.2) is 24.3 Å². The number of amides is 1. The highest BCUT2D eigenvalue weighted by Crippen LogP contribution is 2.47. The average Bonchev–Trinajstić information content (AvgIpc) is 3.19. The Kier molecular flexibility index (Phi) is 32.5. The van der Waals surface area contributed by atoms with Crippen molar-refractivity contribution in [1.29, 1.82) is 0 Å². The number of hydrogen-bond acceptors (Lipinski definition) is 11. The number of carbonyl (C=O) groups excluding carboxylic acids is 1. The van der Waals surface area contributed by atoms with Crippen molar-refractivity contribution < 1.29 is 59.0 Å². The maximum Gasteiger partial charge on any atom is 0.472 e. The lowest BCUT2D eigenvalue weighted by atomic mass is 9.85. The average molecular weight is 850 g/mol. The minimum absolute atomic E-state index is 0.249. The predicted molar refractivity (Wildman–Crippen MR) is 229 cm³/mol. The Hall–Kier alpha value is -1.22. The molecule has 8 atom stereocenters. The summed E-state index contributed by atoms with van der Waals surface area (Å²) in [6.07, 6.45) is 22.7. The van der Waals surface area contributed by atoms with E-state index >= 15 is 0 Å². The molecule has 0 aromatic rings. The molecule has 0 spiro atoms. The molecule has 1 amide bonds. The molecule has 13 nitrogen and oxygen atoms in total. The van der Waals surface area contributed by atoms with Crippen LogP contribution in [0.4, 0.5) is 0 Å². The van der Waals surface area contributed by atoms with Gasteiger partial charge < -0.3 is 46.0 Å². The minimum atomic E-state index is -5.14. The zero-order chi connectivity index (χ0) is 43.0. The molecular formula is C44H84NO12P. The number of hydrogen-bond donors (Lipinski definition) is 9. The lowest BCUT2D eigenvalue weighted by Gasteiger charge is -2.41. The number of phosphoric ester groups is 1. The van der Waals surface area contributed by atoms with E-state index in [4.69, 9.17) is 9.05 Å². The van der Waals surface area contributed by atoms with E-state index in [-0.39, 0.29) is 6.42 Å². The quantitative estimate of drug-likeness (QED) is 0.0172. The lowest BCUT2D eigenvalue weighted by Crippen LogP contribution is -2.64. The molecule has 0 heterocycles. The van der Waals surface area contributed by atoms with Crippen molar-refractivity contribution in [1.82, 2.24) is 5.32 Å². The van der Waals surface area contributed by atoms with Gasteiger partial charge in [-0.3, -0.25) is 13.8 Å². The summed E-state index contributed by atoms with van der Waals surface area (Å²) >= 11 is 0. The molecule has 1 rings (SSSR count). The molecule has 14 heteroatoms. The van der Waals surface area contributed by atoms with Gasteiger partial charge in [-0.1, -0.05) is 173 Å². The molecule has 0 aromatic carbocycles. The van der Waals surface area contributed by atoms with Crippen molar-refractivity contribution in [3.8, 4) is 0 Å². The highest BCUT2D eigenvalue weighted by atomic mass is 31.2. The third-order valence-electron chi connectivity index (χ3n) is 11.0. The molecule has 1 aliphatic rings. The summed E-state index contributed by atoms with van der Waals surface area (Å²) in [7, 11) is -5.14. The van der Waals surface area contributed by atoms with Crippen LogP contribution in [-0.4, -0.2) is 108 Å². The van der Waals surface area contributed by atoms with E-state index in [1.54, 1.807) is 6.08 Å². The molecule has 58 heavy (non-hydrogen) atoms. The second-order valence-electron chi connectivity index (χ2n) is 16.4. The minimum Gasteiger partial charge on any atom is -0.393 e. The van der Waals surface area contributed by atoms with Crippen LogP contribution in [0.1, 0.15) is 187 Å². The van der Waals surface area contributed by atoms with Crippen molar-refractivity contribution in [3.63, 3.8) is 0 Å². The van der Waals surface area contributed by atoms with E-state index in [1.807, 2.05) is 0 Å². The summed E-state index contributed by atoms with van der Waals surface area (Å²) < 4.78 is 22.8. The van der Waals surface area contributed by atoms with Crippen LogP contribution >= 0.6 is 7.82 Å². The Bertz CT molecular complexity index is 1100. The van der Waals surface area contributed by atoms with Crippen LogP contribution in [0.3, 0.4) is 0 Å². The smallest absolute Gasteiger partial charge is 0.393 e. The fourth-order valence-electron chi connectivity index (χ4n) is 7.26. The SMILES string of the molecule is CCCCCCCCCCC/C=C/CC/C=C/C(O)C(COP(=O)(O)OC1C(O)C(O)C(O)C(O)C1O)NC(=O)CC(O)CCCCCCCCCCCCCCC. The first-order chi connectivity index (χ1) is 27.8. The van der Waals surface area contributed by atoms with Crippen LogP contribution in [0, 0.1) is 0 Å². The van der Waals surface area contributed by atoms with Gasteiger partial charge in [0.2, 0.25) is 5.91 Å². The largest absolute Gasteiger partial charge is 0.472 e. The van der Waals surface area contributed by atoms with Gasteiger partial charge in [0.15, 0.2) is 0 Å². The molecule has 9 N–H and O–H groups in total. The molecule has 1 aliphatic carbocycles. The first-order valence-corrected chi connectivity index (χ1v) is 24.4. The Labute approximate surface area is 350 Å². The van der Waals surface area contributed by atoms with Crippen molar-refractivity contribution in [2.45, 2.75) is 242 Å². The van der Waals surface area contributed by atoms with Crippen LogP contribution < -0.4 is 5.32 Å². The van der Waals surface area contributed by atoms with E-state index in [2.05, 4.69) is 31.3 Å². The van der Waals surface area contributed by atoms with Gasteiger partial charge in [-0.2, -0.15) is 0 Å². The molecule has 0 aromatic heterocycles. The highest BCUT2D eigenvalue weighted by molar-refractivity contribution is 7.47. The molecule has 0 aliphatic heterocycles. The monoisotopic (exact) mass is 850 g/mol. The fraction of sp³-hybridized carbons (Fsp3) is 0.886. The molecule has 0 bridgehead atoms. The Morgan fingerprint density at radius 1 is 0.603 bits per heavy atom. The molecule has 342 valence electrons. The summed E-state index contributed by atoms with van der Waals surface area (Å²) in [6.45, 7) is 3.71. The number of allylic oxidation sites excluding steroid dienone is 3. The van der Waals surface area contributed by atoms with Crippen molar-refractivity contribution in [3.05, 3.63) is 24.3 Å². The maximum atomic E-state index is 13.0. The Morgan fingerprint density at radius 2 is 1.02 bits per heavy atom. The molecule has 8 unspecified atom stereocenters. The fourth-order valence-corrected chi connectivity index (χ4v) is 8.22. The van der Waals surface area contributed by atoms with Gasteiger partial charge in [0, 0.05) is 0 Å². The first-order valence-electron chi connectivity index (χ1n) is 22.9. The normalized spacial score (nSPS) is 24.0. The van der Waals surface area contributed by atoms with Crippen molar-refractivity contribution >= 4 is 13.7 Å². The maximum absolute atomic E-state index is 13.0. The third-order valence-corrected chi connectivity index (χ3v) is 12.0. The number of rotatable bonds is 37. The summed E-state index contributed by atoms with van der Waals surface area (Å²) in [5.74, 6) is -0.602. The van der Waals surface area contributed by atoms with E-state index in [1.165, 1.54) is 115 Å². The first kappa shape index (κ1) is 54.8. The Morgan fingerprint density at radius 3 is 1.52 bits per heavy atom. The molecule has 1 saturated carbocycles. The molecular weight excluding hydrogens is 765 g/mol. The van der Waals surface area contributed by atoms with Gasteiger partial charge in [-0.25, -0.2) is 4.57 Å². The van der Waals surface area contributed by atoms with Crippen LogP contribution in [0.5, 0.6) is 0 Å². The number of carbonyl (C=O) groups is 1. The van der Waals surface area contributed by atoms with Crippen LogP contribution in [0.25, 0.3) is 0 Å². The topological polar surface area (TPSA) is 226 Å². The van der Waals surface area contributed by atoms with E-state index in [9.17, 15) is 50.0 Å². The van der Waals surface area contributed by atoms with E-state index < -0.39 is 75.2 Å². The summed E-state index contributed by atoms with van der Waals surface area (Å²) in [5, 5.41) is 74.3. The van der Waals surface area contributed by atoms with Crippen molar-refractivity contribution in [2.24, 2.45) is 0 Å². The predicted octanol–water partition coefficient (Wildman–Crippen LogP) is 7.20. The summed E-state index contributed by atoms with van der Waals surface area (Å²) in [6, 6.07) is -1.25. The molecule has 1 fully saturated rings. The molecule has 0 saturated heterocycles. The number of phosphoric acid groups is 1. The number of aliphatic hydroxyl groups excluding tert-OH is 7. The molecule has 0 radical (unpaired) electrons. The number of nitrogens with one attached hydrogen (secondary N) is 1. The second-order valence-corrected chi connectivity index (χ2v) is 17.8. The zero-order valence-electron chi connectivity index (χ0n) is 36.0. The van der Waals surface area contributed by atoms with Gasteiger partial charge in [-0.05, 0) is 32.1 Å². The number of aliphatic hydroxyl groups is 7. The summed E-state index contributed by atoms with van der Waals surface area (Å²) in [4.78, 5) is 23.4. The van der Waals surface area contributed by atoms with Gasteiger partial charge in [0.25, 0.3) is 0 Å². The van der Waals surface area contributed by atoms with Crippen LogP contribution in [0.2, 0.25) is 0 Å². The van der Waals surface area contributed by atoms with Gasteiger partial charge >= 0.3 is 7.82 Å². The summed E-state index contributed by atoms with van der Waals surface area (Å²) in [5.41, 5.74) is 0. The van der Waals surface area contributed by atoms with E-state index in [0.29, 0.717) is 12.8 Å². The highest BCUT2D eigenvalue weighted by Gasteiger charge is 2.51. The van der Waals surface area contributed by atoms with Crippen molar-refractivity contribution in [2.75, 3.05) is 6.61 Å². The zero-order valence-corrected chi connectivity index (χ0v) is 36.9. The van der Waals surface area contributed by atoms with E-state index in [0.717, 1.165) is 44.9 Å². The van der Waals surface area contributed by atoms with Gasteiger partial charge in [-0.15, -0.1) is 0 Å². The second kappa shape index (κ2) is 34.4. The Balaban J connectivity index is 2.60. The van der Waals surface area contributed by atoms with Gasteiger partial charge in [0.1, 0.15) is 36.6 Å². The van der Waals surface area contributed by atoms with Crippen LogP contribution in [-0.2, 0) is 18.4 Å². The number of unbranched alkanes of at least 4 members (excludes halogenated alkanes) is 22. The third kappa shape index (κ3) is 26.2. The lowest BCUT2D eigenvalue weighted by molar-refractivity contribution is -0.220.